The Balaban J connectivity index is 2.64. The Morgan fingerprint density at radius 2 is 2.38 bits per heavy atom. The molecule has 1 rings (SSSR count). The van der Waals surface area contributed by atoms with Crippen LogP contribution in [0, 0.1) is 0 Å². The van der Waals surface area contributed by atoms with Gasteiger partial charge in [-0.05, 0) is 6.92 Å². The van der Waals surface area contributed by atoms with E-state index in [0.717, 1.165) is 0 Å². The van der Waals surface area contributed by atoms with Crippen LogP contribution in [0.25, 0.3) is 0 Å². The maximum atomic E-state index is 10.4. The van der Waals surface area contributed by atoms with E-state index in [1.54, 1.807) is 0 Å². The summed E-state index contributed by atoms with van der Waals surface area (Å²) in [6.45, 7) is 1.83. The van der Waals surface area contributed by atoms with Gasteiger partial charge in [0.2, 0.25) is 0 Å². The minimum absolute atomic E-state index is 0.0116. The number of hydrogen-bond acceptors (Lipinski definition) is 2. The van der Waals surface area contributed by atoms with E-state index in [4.69, 9.17) is 12.2 Å². The highest BCUT2D eigenvalue weighted by atomic mass is 32.1. The van der Waals surface area contributed by atoms with Crippen molar-refractivity contribution in [2.45, 2.75) is 13.0 Å². The summed E-state index contributed by atoms with van der Waals surface area (Å²) in [5.74, 6) is 0. The van der Waals surface area contributed by atoms with E-state index in [9.17, 15) is 4.79 Å². The van der Waals surface area contributed by atoms with Gasteiger partial charge in [-0.2, -0.15) is 0 Å². The fourth-order valence-electron chi connectivity index (χ4n) is 0.518. The van der Waals surface area contributed by atoms with Crippen LogP contribution in [0.2, 0.25) is 0 Å². The minimum atomic E-state index is -0.192. The lowest BCUT2D eigenvalue weighted by Gasteiger charge is -1.94. The Labute approximate surface area is 52.4 Å². The van der Waals surface area contributed by atoms with E-state index in [2.05, 4.69) is 10.6 Å². The Morgan fingerprint density at radius 1 is 1.75 bits per heavy atom. The molecule has 44 valence electrons. The van der Waals surface area contributed by atoms with Gasteiger partial charge in [-0.25, -0.2) is 4.79 Å². The molecular weight excluding hydrogens is 124 g/mol. The molecule has 2 N–H and O–H groups in total. The molecule has 8 heavy (non-hydrogen) atoms. The fourth-order valence-corrected chi connectivity index (χ4v) is 0.670. The summed E-state index contributed by atoms with van der Waals surface area (Å²) < 4.78 is 0. The molecule has 0 aliphatic carbocycles. The van der Waals surface area contributed by atoms with Crippen molar-refractivity contribution in [2.24, 2.45) is 0 Å². The van der Waals surface area contributed by atoms with Crippen LogP contribution >= 0.6 is 12.2 Å². The zero-order chi connectivity index (χ0) is 6.15. The summed E-state index contributed by atoms with van der Waals surface area (Å²) >= 11 is 4.72. The van der Waals surface area contributed by atoms with E-state index in [0.29, 0.717) is 4.99 Å². The molecule has 0 aromatic heterocycles. The third-order valence-corrected chi connectivity index (χ3v) is 1.43. The smallest absolute Gasteiger partial charge is 0.320 e. The number of carbonyl (C=O) groups is 1. The van der Waals surface area contributed by atoms with Crippen molar-refractivity contribution < 1.29 is 4.79 Å². The van der Waals surface area contributed by atoms with Crippen molar-refractivity contribution in [1.29, 1.82) is 0 Å². The number of nitrogens with one attached hydrogen (secondary N) is 2. The van der Waals surface area contributed by atoms with Crippen LogP contribution in [-0.2, 0) is 0 Å². The molecule has 4 heteroatoms. The van der Waals surface area contributed by atoms with Crippen LogP contribution < -0.4 is 10.6 Å². The van der Waals surface area contributed by atoms with E-state index < -0.39 is 0 Å². The Bertz CT molecular complexity index is 145. The second-order valence-electron chi connectivity index (χ2n) is 1.68. The SMILES string of the molecule is CC1NC(=O)NC1=S. The number of rotatable bonds is 0. The van der Waals surface area contributed by atoms with Crippen molar-refractivity contribution in [1.82, 2.24) is 10.6 Å². The largest absolute Gasteiger partial charge is 0.329 e. The van der Waals surface area contributed by atoms with Crippen LogP contribution in [0.5, 0.6) is 0 Å². The molecule has 1 aliphatic heterocycles. The van der Waals surface area contributed by atoms with Gasteiger partial charge in [-0.1, -0.05) is 12.2 Å². The Morgan fingerprint density at radius 3 is 2.50 bits per heavy atom. The third kappa shape index (κ3) is 0.790. The van der Waals surface area contributed by atoms with Gasteiger partial charge in [-0.3, -0.25) is 0 Å². The number of thiocarbonyl (C=S) groups is 1. The molecule has 1 saturated heterocycles. The molecule has 1 heterocycles. The first-order valence-corrected chi connectivity index (χ1v) is 2.72. The number of urea groups is 1. The first-order chi connectivity index (χ1) is 3.70. The van der Waals surface area contributed by atoms with Crippen LogP contribution in [0.15, 0.2) is 0 Å². The van der Waals surface area contributed by atoms with Crippen molar-refractivity contribution >= 4 is 23.2 Å². The maximum Gasteiger partial charge on any atom is 0.320 e. The van der Waals surface area contributed by atoms with E-state index in [1.165, 1.54) is 0 Å². The van der Waals surface area contributed by atoms with Crippen LogP contribution in [0.1, 0.15) is 6.92 Å². The highest BCUT2D eigenvalue weighted by molar-refractivity contribution is 7.80. The van der Waals surface area contributed by atoms with Crippen LogP contribution in [0.3, 0.4) is 0 Å². The van der Waals surface area contributed by atoms with Crippen molar-refractivity contribution in [2.75, 3.05) is 0 Å². The third-order valence-electron chi connectivity index (χ3n) is 0.978. The molecule has 0 radical (unpaired) electrons. The second kappa shape index (κ2) is 1.70. The molecular formula is C4H6N2OS. The molecule has 1 atom stereocenters. The molecule has 1 fully saturated rings. The van der Waals surface area contributed by atoms with Gasteiger partial charge in [0, 0.05) is 0 Å². The molecule has 0 aromatic carbocycles. The number of carbonyl (C=O) groups excluding carboxylic acids is 1. The highest BCUT2D eigenvalue weighted by Gasteiger charge is 2.20. The van der Waals surface area contributed by atoms with Gasteiger partial charge in [0.25, 0.3) is 0 Å². The lowest BCUT2D eigenvalue weighted by atomic mass is 10.4. The van der Waals surface area contributed by atoms with Gasteiger partial charge in [0.05, 0.1) is 6.04 Å². The van der Waals surface area contributed by atoms with E-state index >= 15 is 0 Å². The Kier molecular flexibility index (Phi) is 1.17. The first-order valence-electron chi connectivity index (χ1n) is 2.31. The topological polar surface area (TPSA) is 41.1 Å². The van der Waals surface area contributed by atoms with E-state index in [-0.39, 0.29) is 12.1 Å². The molecule has 0 bridgehead atoms. The van der Waals surface area contributed by atoms with Crippen molar-refractivity contribution in [3.05, 3.63) is 0 Å². The van der Waals surface area contributed by atoms with Gasteiger partial charge >= 0.3 is 6.03 Å². The van der Waals surface area contributed by atoms with Gasteiger partial charge < -0.3 is 10.6 Å². The predicted molar refractivity (Wildman–Crippen MR) is 33.7 cm³/mol. The summed E-state index contributed by atoms with van der Waals surface area (Å²) in [5, 5.41) is 5.02. The first kappa shape index (κ1) is 5.50. The predicted octanol–water partition coefficient (Wildman–Crippen LogP) is 0.0151. The van der Waals surface area contributed by atoms with Gasteiger partial charge in [0.1, 0.15) is 4.99 Å². The monoisotopic (exact) mass is 130 g/mol. The summed E-state index contributed by atoms with van der Waals surface area (Å²) in [5.41, 5.74) is 0. The summed E-state index contributed by atoms with van der Waals surface area (Å²) in [6.07, 6.45) is 0. The molecule has 0 aromatic rings. The average molecular weight is 130 g/mol. The molecule has 0 saturated carbocycles. The summed E-state index contributed by atoms with van der Waals surface area (Å²) in [6, 6.07) is -0.181. The zero-order valence-corrected chi connectivity index (χ0v) is 5.21. The van der Waals surface area contributed by atoms with Gasteiger partial charge in [-0.15, -0.1) is 0 Å². The zero-order valence-electron chi connectivity index (χ0n) is 4.39. The Hall–Kier alpha value is -0.640. The fraction of sp³-hybridized carbons (Fsp3) is 0.500. The van der Waals surface area contributed by atoms with Gasteiger partial charge in [0.15, 0.2) is 0 Å². The molecule has 1 unspecified atom stereocenters. The molecule has 3 nitrogen and oxygen atoms in total. The molecule has 1 aliphatic rings. The second-order valence-corrected chi connectivity index (χ2v) is 2.12. The average Bonchev–Trinajstić information content (AvgIpc) is 1.85. The van der Waals surface area contributed by atoms with Crippen molar-refractivity contribution in [3.63, 3.8) is 0 Å². The molecule has 2 amide bonds. The van der Waals surface area contributed by atoms with Crippen LogP contribution in [0.4, 0.5) is 4.79 Å². The normalized spacial score (nSPS) is 27.4. The lowest BCUT2D eigenvalue weighted by Crippen LogP contribution is -2.23. The van der Waals surface area contributed by atoms with E-state index in [1.807, 2.05) is 6.92 Å². The summed E-state index contributed by atoms with van der Waals surface area (Å²) in [4.78, 5) is 10.9. The standard InChI is InChI=1S/C4H6N2OS/c1-2-3(8)6-4(7)5-2/h2H,1H3,(H2,5,6,7,8). The van der Waals surface area contributed by atoms with Crippen molar-refractivity contribution in [3.8, 4) is 0 Å². The lowest BCUT2D eigenvalue weighted by molar-refractivity contribution is 0.248. The minimum Gasteiger partial charge on any atom is -0.329 e. The van der Waals surface area contributed by atoms with Crippen LogP contribution in [-0.4, -0.2) is 17.1 Å². The summed E-state index contributed by atoms with van der Waals surface area (Å²) in [7, 11) is 0. The number of amides is 2. The maximum absolute atomic E-state index is 10.4. The number of hydrogen-bond donors (Lipinski definition) is 2. The quantitative estimate of drug-likeness (QED) is 0.454. The molecule has 0 spiro atoms. The highest BCUT2D eigenvalue weighted by Crippen LogP contribution is 1.91.